The third kappa shape index (κ3) is 3.23. The van der Waals surface area contributed by atoms with Gasteiger partial charge >= 0.3 is 0 Å². The summed E-state index contributed by atoms with van der Waals surface area (Å²) < 4.78 is 26.7. The first-order chi connectivity index (χ1) is 9.50. The van der Waals surface area contributed by atoms with Crippen molar-refractivity contribution in [3.8, 4) is 0 Å². The van der Waals surface area contributed by atoms with Crippen molar-refractivity contribution < 1.29 is 13.7 Å². The summed E-state index contributed by atoms with van der Waals surface area (Å²) in [5.74, 6) is 0. The molecule has 20 heavy (non-hydrogen) atoms. The molecule has 1 N–H and O–H groups in total. The average molecular weight is 306 g/mol. The number of alkyl halides is 2. The lowest BCUT2D eigenvalue weighted by Crippen LogP contribution is -2.46. The Morgan fingerprint density at radius 2 is 2.00 bits per heavy atom. The van der Waals surface area contributed by atoms with Crippen LogP contribution in [0.1, 0.15) is 11.6 Å². The van der Waals surface area contributed by atoms with E-state index in [9.17, 15) is 18.9 Å². The van der Waals surface area contributed by atoms with Crippen molar-refractivity contribution in [1.29, 1.82) is 0 Å². The van der Waals surface area contributed by atoms with Gasteiger partial charge in [0.2, 0.25) is 0 Å². The van der Waals surface area contributed by atoms with E-state index in [0.717, 1.165) is 6.07 Å². The van der Waals surface area contributed by atoms with Crippen LogP contribution < -0.4 is 5.32 Å². The van der Waals surface area contributed by atoms with Crippen molar-refractivity contribution in [2.75, 3.05) is 26.2 Å². The fourth-order valence-electron chi connectivity index (χ4n) is 2.33. The van der Waals surface area contributed by atoms with Crippen LogP contribution in [0.25, 0.3) is 0 Å². The van der Waals surface area contributed by atoms with E-state index in [1.54, 1.807) is 4.90 Å². The minimum atomic E-state index is -2.62. The molecule has 0 bridgehead atoms. The fourth-order valence-corrected chi connectivity index (χ4v) is 2.52. The number of nitrogens with zero attached hydrogens (tertiary/aromatic N) is 2. The molecule has 1 heterocycles. The van der Waals surface area contributed by atoms with Gasteiger partial charge < -0.3 is 5.32 Å². The summed E-state index contributed by atoms with van der Waals surface area (Å²) in [4.78, 5) is 11.8. The summed E-state index contributed by atoms with van der Waals surface area (Å²) in [6, 6.07) is 2.72. The van der Waals surface area contributed by atoms with Crippen molar-refractivity contribution in [2.45, 2.75) is 12.5 Å². The molecule has 0 spiro atoms. The molecule has 1 saturated heterocycles. The van der Waals surface area contributed by atoms with Crippen LogP contribution in [-0.4, -0.2) is 42.4 Å². The van der Waals surface area contributed by atoms with Crippen LogP contribution in [-0.2, 0) is 0 Å². The monoisotopic (exact) mass is 305 g/mol. The zero-order valence-electron chi connectivity index (χ0n) is 10.6. The van der Waals surface area contributed by atoms with Crippen LogP contribution in [0.5, 0.6) is 0 Å². The molecule has 0 unspecified atom stereocenters. The molecule has 1 aromatic carbocycles. The van der Waals surface area contributed by atoms with Crippen LogP contribution >= 0.6 is 11.6 Å². The van der Waals surface area contributed by atoms with Crippen LogP contribution in [0.3, 0.4) is 0 Å². The number of hydrogen-bond acceptors (Lipinski definition) is 4. The van der Waals surface area contributed by atoms with Crippen molar-refractivity contribution in [1.82, 2.24) is 10.2 Å². The second-order valence-corrected chi connectivity index (χ2v) is 4.94. The average Bonchev–Trinajstić information content (AvgIpc) is 2.41. The Labute approximate surface area is 119 Å². The Bertz CT molecular complexity index is 496. The van der Waals surface area contributed by atoms with E-state index >= 15 is 0 Å². The van der Waals surface area contributed by atoms with Gasteiger partial charge in [0.25, 0.3) is 12.1 Å². The zero-order chi connectivity index (χ0) is 14.7. The summed E-state index contributed by atoms with van der Waals surface area (Å²) in [7, 11) is 0. The number of nitro benzene ring substituents is 1. The van der Waals surface area contributed by atoms with Crippen LogP contribution in [0.4, 0.5) is 14.5 Å². The predicted octanol–water partition coefficient (Wildman–Crippen LogP) is 2.46. The van der Waals surface area contributed by atoms with Gasteiger partial charge in [0.15, 0.2) is 0 Å². The van der Waals surface area contributed by atoms with Gasteiger partial charge in [0.05, 0.1) is 11.0 Å². The molecule has 8 heteroatoms. The largest absolute Gasteiger partial charge is 0.314 e. The van der Waals surface area contributed by atoms with Crippen molar-refractivity contribution in [3.05, 3.63) is 38.9 Å². The van der Waals surface area contributed by atoms with Crippen molar-refractivity contribution in [3.63, 3.8) is 0 Å². The minimum Gasteiger partial charge on any atom is -0.314 e. The second-order valence-electron chi connectivity index (χ2n) is 4.53. The quantitative estimate of drug-likeness (QED) is 0.686. The highest BCUT2D eigenvalue weighted by Gasteiger charge is 2.31. The van der Waals surface area contributed by atoms with Crippen molar-refractivity contribution >= 4 is 17.3 Å². The Morgan fingerprint density at radius 3 is 2.55 bits per heavy atom. The van der Waals surface area contributed by atoms with E-state index in [2.05, 4.69) is 5.32 Å². The Kier molecular flexibility index (Phi) is 4.85. The third-order valence-corrected chi connectivity index (χ3v) is 3.61. The second kappa shape index (κ2) is 6.43. The molecule has 1 aliphatic rings. The van der Waals surface area contributed by atoms with E-state index in [1.165, 1.54) is 12.1 Å². The molecule has 1 aromatic rings. The van der Waals surface area contributed by atoms with Gasteiger partial charge in [0.1, 0.15) is 5.02 Å². The van der Waals surface area contributed by atoms with Gasteiger partial charge in [-0.3, -0.25) is 15.0 Å². The number of piperazine rings is 1. The van der Waals surface area contributed by atoms with Gasteiger partial charge in [-0.05, 0) is 11.6 Å². The highest BCUT2D eigenvalue weighted by Crippen LogP contribution is 2.33. The lowest BCUT2D eigenvalue weighted by molar-refractivity contribution is -0.384. The summed E-state index contributed by atoms with van der Waals surface area (Å²) in [5.41, 5.74) is -0.122. The smallest absolute Gasteiger partial charge is 0.288 e. The maximum atomic E-state index is 13.3. The zero-order valence-corrected chi connectivity index (χ0v) is 11.3. The van der Waals surface area contributed by atoms with Crippen LogP contribution in [0, 0.1) is 10.1 Å². The number of rotatable bonds is 4. The summed E-state index contributed by atoms with van der Waals surface area (Å²) >= 11 is 5.71. The molecule has 110 valence electrons. The first kappa shape index (κ1) is 15.1. The van der Waals surface area contributed by atoms with E-state index in [4.69, 9.17) is 11.6 Å². The highest BCUT2D eigenvalue weighted by molar-refractivity contribution is 6.32. The maximum absolute atomic E-state index is 13.3. The molecule has 0 aliphatic carbocycles. The first-order valence-electron chi connectivity index (χ1n) is 6.17. The lowest BCUT2D eigenvalue weighted by Gasteiger charge is -2.34. The number of halogens is 3. The molecule has 1 aliphatic heterocycles. The van der Waals surface area contributed by atoms with E-state index in [-0.39, 0.29) is 16.3 Å². The molecule has 1 fully saturated rings. The molecule has 0 amide bonds. The van der Waals surface area contributed by atoms with Gasteiger partial charge in [-0.25, -0.2) is 8.78 Å². The number of nitro groups is 1. The van der Waals surface area contributed by atoms with Crippen LogP contribution in [0.2, 0.25) is 5.02 Å². The van der Waals surface area contributed by atoms with Crippen LogP contribution in [0.15, 0.2) is 18.2 Å². The van der Waals surface area contributed by atoms with Gasteiger partial charge in [-0.2, -0.15) is 0 Å². The first-order valence-corrected chi connectivity index (χ1v) is 6.55. The van der Waals surface area contributed by atoms with E-state index < -0.39 is 17.4 Å². The molecular formula is C12H14ClF2N3O2. The molecule has 5 nitrogen and oxygen atoms in total. The Hall–Kier alpha value is -1.31. The topological polar surface area (TPSA) is 58.4 Å². The summed E-state index contributed by atoms with van der Waals surface area (Å²) in [6.45, 7) is 2.20. The SMILES string of the molecule is O=[N+]([O-])c1cc([C@@H](C(F)F)N2CCNCC2)ccc1Cl. The molecule has 1 atom stereocenters. The Balaban J connectivity index is 2.33. The van der Waals surface area contributed by atoms with Gasteiger partial charge in [-0.1, -0.05) is 17.7 Å². The standard InChI is InChI=1S/C12H14ClF2N3O2/c13-9-2-1-8(7-10(9)18(19)20)11(12(14)15)17-5-3-16-4-6-17/h1-2,7,11-12,16H,3-6H2/t11-/m0/s1. The molecule has 0 radical (unpaired) electrons. The lowest BCUT2D eigenvalue weighted by atomic mass is 10.0. The molecular weight excluding hydrogens is 292 g/mol. The van der Waals surface area contributed by atoms with Gasteiger partial charge in [0, 0.05) is 32.2 Å². The van der Waals surface area contributed by atoms with Crippen molar-refractivity contribution in [2.24, 2.45) is 0 Å². The van der Waals surface area contributed by atoms with E-state index in [1.807, 2.05) is 0 Å². The normalized spacial score (nSPS) is 18.2. The number of benzene rings is 1. The Morgan fingerprint density at radius 1 is 1.35 bits per heavy atom. The summed E-state index contributed by atoms with van der Waals surface area (Å²) in [5, 5.41) is 13.9. The summed E-state index contributed by atoms with van der Waals surface area (Å²) in [6.07, 6.45) is -2.62. The predicted molar refractivity (Wildman–Crippen MR) is 71.3 cm³/mol. The maximum Gasteiger partial charge on any atom is 0.288 e. The minimum absolute atomic E-state index is 0.0490. The molecule has 0 aromatic heterocycles. The van der Waals surface area contributed by atoms with Gasteiger partial charge in [-0.15, -0.1) is 0 Å². The van der Waals surface area contributed by atoms with E-state index in [0.29, 0.717) is 26.2 Å². The number of hydrogen-bond donors (Lipinski definition) is 1. The molecule has 2 rings (SSSR count). The third-order valence-electron chi connectivity index (χ3n) is 3.29. The number of nitrogens with one attached hydrogen (secondary N) is 1. The molecule has 0 saturated carbocycles. The highest BCUT2D eigenvalue weighted by atomic mass is 35.5. The fraction of sp³-hybridized carbons (Fsp3) is 0.500.